The van der Waals surface area contributed by atoms with Crippen molar-refractivity contribution in [3.8, 4) is 0 Å². The van der Waals surface area contributed by atoms with Crippen LogP contribution >= 0.6 is 0 Å². The highest BCUT2D eigenvalue weighted by Crippen LogP contribution is 2.32. The zero-order chi connectivity index (χ0) is 19.6. The van der Waals surface area contributed by atoms with E-state index in [2.05, 4.69) is 0 Å². The molecule has 0 N–H and O–H groups in total. The van der Waals surface area contributed by atoms with Crippen LogP contribution < -0.4 is 4.90 Å². The van der Waals surface area contributed by atoms with Crippen molar-refractivity contribution < 1.29 is 18.1 Å². The highest BCUT2D eigenvalue weighted by Gasteiger charge is 2.32. The van der Waals surface area contributed by atoms with Crippen LogP contribution in [-0.2, 0) is 14.8 Å². The van der Waals surface area contributed by atoms with E-state index in [0.29, 0.717) is 31.9 Å². The number of nitrogens with zero attached hydrogens (tertiary/aromatic N) is 4. The van der Waals surface area contributed by atoms with E-state index >= 15 is 0 Å². The predicted molar refractivity (Wildman–Crippen MR) is 100 cm³/mol. The molecule has 2 aliphatic rings. The molecule has 0 bridgehead atoms. The Bertz CT molecular complexity index is 830. The van der Waals surface area contributed by atoms with Gasteiger partial charge in [-0.15, -0.1) is 0 Å². The summed E-state index contributed by atoms with van der Waals surface area (Å²) >= 11 is 0. The Labute approximate surface area is 158 Å². The molecule has 0 radical (unpaired) electrons. The van der Waals surface area contributed by atoms with Crippen molar-refractivity contribution in [2.45, 2.75) is 30.6 Å². The first-order valence-corrected chi connectivity index (χ1v) is 10.5. The van der Waals surface area contributed by atoms with Crippen LogP contribution in [0.3, 0.4) is 0 Å². The van der Waals surface area contributed by atoms with Crippen LogP contribution in [0.15, 0.2) is 23.1 Å². The normalized spacial score (nSPS) is 18.0. The van der Waals surface area contributed by atoms with E-state index in [-0.39, 0.29) is 23.0 Å². The van der Waals surface area contributed by atoms with E-state index in [1.165, 1.54) is 16.4 Å². The van der Waals surface area contributed by atoms with Gasteiger partial charge in [-0.2, -0.15) is 4.31 Å². The summed E-state index contributed by atoms with van der Waals surface area (Å²) in [5.41, 5.74) is 0.0239. The lowest BCUT2D eigenvalue weighted by molar-refractivity contribution is -0.385. The molecule has 0 spiro atoms. The van der Waals surface area contributed by atoms with Crippen molar-refractivity contribution in [2.24, 2.45) is 0 Å². The molecule has 0 saturated carbocycles. The summed E-state index contributed by atoms with van der Waals surface area (Å²) < 4.78 is 27.5. The van der Waals surface area contributed by atoms with Crippen molar-refractivity contribution in [1.29, 1.82) is 0 Å². The first-order valence-electron chi connectivity index (χ1n) is 9.08. The largest absolute Gasteiger partial charge is 0.364 e. The molecular weight excluding hydrogens is 372 g/mol. The number of carbonyl (C=O) groups is 1. The number of nitro groups is 1. The molecule has 0 aromatic heterocycles. The minimum absolute atomic E-state index is 0.0281. The van der Waals surface area contributed by atoms with Crippen LogP contribution in [-0.4, -0.2) is 68.2 Å². The number of likely N-dealkylation sites (N-methyl/N-ethyl adjacent to an activating group) is 1. The molecule has 2 aliphatic heterocycles. The summed E-state index contributed by atoms with van der Waals surface area (Å²) in [5.74, 6) is -0.0714. The molecule has 1 aromatic rings. The molecule has 1 aromatic carbocycles. The fourth-order valence-corrected chi connectivity index (χ4v) is 5.34. The molecule has 27 heavy (non-hydrogen) atoms. The lowest BCUT2D eigenvalue weighted by Crippen LogP contribution is -2.38. The van der Waals surface area contributed by atoms with Gasteiger partial charge in [0.2, 0.25) is 15.9 Å². The predicted octanol–water partition coefficient (Wildman–Crippen LogP) is 1.44. The van der Waals surface area contributed by atoms with E-state index < -0.39 is 14.9 Å². The molecule has 148 valence electrons. The Kier molecular flexibility index (Phi) is 5.66. The fraction of sp³-hybridized carbons (Fsp3) is 0.588. The zero-order valence-electron chi connectivity index (χ0n) is 15.3. The number of non-ortho nitro benzene ring substituents is 1. The summed E-state index contributed by atoms with van der Waals surface area (Å²) in [5, 5.41) is 11.2. The smallest absolute Gasteiger partial charge is 0.270 e. The third-order valence-corrected chi connectivity index (χ3v) is 7.01. The van der Waals surface area contributed by atoms with Gasteiger partial charge in [-0.3, -0.25) is 14.9 Å². The Balaban J connectivity index is 1.93. The van der Waals surface area contributed by atoms with Crippen molar-refractivity contribution in [3.05, 3.63) is 28.3 Å². The van der Waals surface area contributed by atoms with Crippen molar-refractivity contribution in [3.63, 3.8) is 0 Å². The van der Waals surface area contributed by atoms with Gasteiger partial charge < -0.3 is 9.80 Å². The Morgan fingerprint density at radius 1 is 1.15 bits per heavy atom. The van der Waals surface area contributed by atoms with Gasteiger partial charge in [0.1, 0.15) is 4.90 Å². The van der Waals surface area contributed by atoms with Gasteiger partial charge in [0.25, 0.3) is 5.69 Å². The summed E-state index contributed by atoms with van der Waals surface area (Å²) in [4.78, 5) is 26.2. The SMILES string of the molecule is CN(CC(=O)N1CCCC1)c1ccc([N+](=O)[O-])cc1S(=O)(=O)N1CCCC1. The highest BCUT2D eigenvalue weighted by atomic mass is 32.2. The standard InChI is InChI=1S/C17H24N4O5S/c1-18(13-17(22)19-8-2-3-9-19)15-7-6-14(21(23)24)12-16(15)27(25,26)20-10-4-5-11-20/h6-7,12H,2-5,8-11,13H2,1H3. The number of sulfonamides is 1. The van der Waals surface area contributed by atoms with Gasteiger partial charge in [0.05, 0.1) is 17.2 Å². The average Bonchev–Trinajstić information content (AvgIpc) is 3.34. The average molecular weight is 396 g/mol. The van der Waals surface area contributed by atoms with Crippen molar-refractivity contribution in [1.82, 2.24) is 9.21 Å². The molecule has 2 heterocycles. The minimum Gasteiger partial charge on any atom is -0.364 e. The number of rotatable bonds is 6. The van der Waals surface area contributed by atoms with Gasteiger partial charge in [-0.25, -0.2) is 8.42 Å². The number of nitro benzene ring substituents is 1. The van der Waals surface area contributed by atoms with Gasteiger partial charge >= 0.3 is 0 Å². The Morgan fingerprint density at radius 3 is 2.33 bits per heavy atom. The monoisotopic (exact) mass is 396 g/mol. The maximum atomic E-state index is 13.1. The molecule has 2 saturated heterocycles. The van der Waals surface area contributed by atoms with Crippen LogP contribution in [0, 0.1) is 10.1 Å². The molecule has 10 heteroatoms. The summed E-state index contributed by atoms with van der Waals surface area (Å²) in [6, 6.07) is 3.79. The van der Waals surface area contributed by atoms with Gasteiger partial charge in [-0.1, -0.05) is 0 Å². The zero-order valence-corrected chi connectivity index (χ0v) is 16.2. The summed E-state index contributed by atoms with van der Waals surface area (Å²) in [6.45, 7) is 2.26. The van der Waals surface area contributed by atoms with Crippen molar-refractivity contribution >= 4 is 27.3 Å². The third kappa shape index (κ3) is 4.06. The first-order chi connectivity index (χ1) is 12.8. The first kappa shape index (κ1) is 19.6. The maximum absolute atomic E-state index is 13.1. The minimum atomic E-state index is -3.86. The lowest BCUT2D eigenvalue weighted by Gasteiger charge is -2.26. The molecule has 0 atom stereocenters. The fourth-order valence-electron chi connectivity index (χ4n) is 3.56. The van der Waals surface area contributed by atoms with Crippen LogP contribution in [0.5, 0.6) is 0 Å². The number of anilines is 1. The summed E-state index contributed by atoms with van der Waals surface area (Å²) in [7, 11) is -2.23. The second kappa shape index (κ2) is 7.81. The molecule has 3 rings (SSSR count). The molecule has 2 fully saturated rings. The molecule has 1 amide bonds. The maximum Gasteiger partial charge on any atom is 0.270 e. The van der Waals surface area contributed by atoms with Crippen LogP contribution in [0.1, 0.15) is 25.7 Å². The second-order valence-corrected chi connectivity index (χ2v) is 8.87. The van der Waals surface area contributed by atoms with Gasteiger partial charge in [0, 0.05) is 45.4 Å². The molecule has 9 nitrogen and oxygen atoms in total. The van der Waals surface area contributed by atoms with E-state index in [1.54, 1.807) is 16.8 Å². The van der Waals surface area contributed by atoms with E-state index in [4.69, 9.17) is 0 Å². The molecular formula is C17H24N4O5S. The Morgan fingerprint density at radius 2 is 1.74 bits per heavy atom. The van der Waals surface area contributed by atoms with E-state index in [9.17, 15) is 23.3 Å². The third-order valence-electron chi connectivity index (χ3n) is 5.08. The quantitative estimate of drug-likeness (QED) is 0.532. The van der Waals surface area contributed by atoms with Crippen molar-refractivity contribution in [2.75, 3.05) is 44.7 Å². The topological polar surface area (TPSA) is 104 Å². The summed E-state index contributed by atoms with van der Waals surface area (Å²) in [6.07, 6.45) is 3.49. The van der Waals surface area contributed by atoms with Gasteiger partial charge in [-0.05, 0) is 31.7 Å². The number of carbonyl (C=O) groups excluding carboxylic acids is 1. The van der Waals surface area contributed by atoms with E-state index in [0.717, 1.165) is 31.7 Å². The van der Waals surface area contributed by atoms with E-state index in [1.807, 2.05) is 0 Å². The van der Waals surface area contributed by atoms with Crippen LogP contribution in [0.2, 0.25) is 0 Å². The molecule has 0 aliphatic carbocycles. The van der Waals surface area contributed by atoms with Gasteiger partial charge in [0.15, 0.2) is 0 Å². The number of likely N-dealkylation sites (tertiary alicyclic amines) is 1. The van der Waals surface area contributed by atoms with Crippen LogP contribution in [0.25, 0.3) is 0 Å². The Hall–Kier alpha value is -2.20. The number of benzene rings is 1. The molecule has 0 unspecified atom stereocenters. The lowest BCUT2D eigenvalue weighted by atomic mass is 10.2. The number of hydrogen-bond donors (Lipinski definition) is 0. The number of hydrogen-bond acceptors (Lipinski definition) is 6. The second-order valence-electron chi connectivity index (χ2n) is 6.96. The highest BCUT2D eigenvalue weighted by molar-refractivity contribution is 7.89. The van der Waals surface area contributed by atoms with Crippen LogP contribution in [0.4, 0.5) is 11.4 Å². The number of amides is 1.